The standard InChI is InChI=1S/C14H19FO3S/c1-10-6-7-12(9-14(10)15)18-11-4-3-5-13(8-11)19(2,16)17/h6-7,9,11,13H,3-5,8H2,1-2H3. The summed E-state index contributed by atoms with van der Waals surface area (Å²) < 4.78 is 42.3. The number of aryl methyl sites for hydroxylation is 1. The Morgan fingerprint density at radius 3 is 2.68 bits per heavy atom. The Morgan fingerprint density at radius 1 is 1.32 bits per heavy atom. The van der Waals surface area contributed by atoms with Crippen LogP contribution in [0.25, 0.3) is 0 Å². The van der Waals surface area contributed by atoms with Crippen LogP contribution in [0, 0.1) is 12.7 Å². The number of benzene rings is 1. The van der Waals surface area contributed by atoms with Gasteiger partial charge >= 0.3 is 0 Å². The van der Waals surface area contributed by atoms with Gasteiger partial charge in [0, 0.05) is 18.7 Å². The van der Waals surface area contributed by atoms with E-state index in [0.717, 1.165) is 12.8 Å². The Bertz CT molecular complexity index is 554. The minimum atomic E-state index is -3.02. The highest BCUT2D eigenvalue weighted by atomic mass is 32.2. The van der Waals surface area contributed by atoms with E-state index >= 15 is 0 Å². The summed E-state index contributed by atoms with van der Waals surface area (Å²) in [4.78, 5) is 0. The fourth-order valence-corrected chi connectivity index (χ4v) is 3.60. The van der Waals surface area contributed by atoms with Crippen LogP contribution in [-0.4, -0.2) is 26.0 Å². The van der Waals surface area contributed by atoms with Crippen molar-refractivity contribution in [2.75, 3.05) is 6.26 Å². The minimum Gasteiger partial charge on any atom is -0.490 e. The highest BCUT2D eigenvalue weighted by molar-refractivity contribution is 7.91. The Hall–Kier alpha value is -1.10. The van der Waals surface area contributed by atoms with Crippen molar-refractivity contribution in [2.24, 2.45) is 0 Å². The van der Waals surface area contributed by atoms with Gasteiger partial charge in [0.1, 0.15) is 21.4 Å². The average Bonchev–Trinajstić information content (AvgIpc) is 2.33. The molecule has 106 valence electrons. The second kappa shape index (κ2) is 5.49. The molecule has 0 bridgehead atoms. The summed E-state index contributed by atoms with van der Waals surface area (Å²) in [6.07, 6.45) is 3.97. The highest BCUT2D eigenvalue weighted by Gasteiger charge is 2.29. The van der Waals surface area contributed by atoms with Crippen LogP contribution in [0.4, 0.5) is 4.39 Å². The molecule has 0 aromatic heterocycles. The minimum absolute atomic E-state index is 0.143. The molecular formula is C14H19FO3S. The first-order valence-corrected chi connectivity index (χ1v) is 8.43. The lowest BCUT2D eigenvalue weighted by molar-refractivity contribution is 0.155. The van der Waals surface area contributed by atoms with Crippen molar-refractivity contribution in [1.82, 2.24) is 0 Å². The molecule has 2 atom stereocenters. The molecule has 1 aliphatic carbocycles. The monoisotopic (exact) mass is 286 g/mol. The van der Waals surface area contributed by atoms with Gasteiger partial charge in [0.25, 0.3) is 0 Å². The fraction of sp³-hybridized carbons (Fsp3) is 0.571. The van der Waals surface area contributed by atoms with Gasteiger partial charge in [-0.2, -0.15) is 0 Å². The lowest BCUT2D eigenvalue weighted by Crippen LogP contribution is -2.33. The van der Waals surface area contributed by atoms with E-state index in [9.17, 15) is 12.8 Å². The maximum atomic E-state index is 13.4. The van der Waals surface area contributed by atoms with Crippen LogP contribution in [0.5, 0.6) is 5.75 Å². The van der Waals surface area contributed by atoms with Crippen LogP contribution in [-0.2, 0) is 9.84 Å². The van der Waals surface area contributed by atoms with E-state index < -0.39 is 9.84 Å². The van der Waals surface area contributed by atoms with Crippen molar-refractivity contribution in [3.63, 3.8) is 0 Å². The molecule has 19 heavy (non-hydrogen) atoms. The number of halogens is 1. The molecule has 2 rings (SSSR count). The Morgan fingerprint density at radius 2 is 2.05 bits per heavy atom. The number of hydrogen-bond donors (Lipinski definition) is 0. The second-order valence-electron chi connectivity index (χ2n) is 5.27. The lowest BCUT2D eigenvalue weighted by Gasteiger charge is -2.28. The van der Waals surface area contributed by atoms with Crippen molar-refractivity contribution >= 4 is 9.84 Å². The third-order valence-corrected chi connectivity index (χ3v) is 5.27. The van der Waals surface area contributed by atoms with Crippen LogP contribution in [0.1, 0.15) is 31.2 Å². The molecule has 0 radical (unpaired) electrons. The van der Waals surface area contributed by atoms with Crippen LogP contribution in [0.2, 0.25) is 0 Å². The van der Waals surface area contributed by atoms with E-state index in [2.05, 4.69) is 0 Å². The lowest BCUT2D eigenvalue weighted by atomic mass is 9.97. The molecule has 0 amide bonds. The number of sulfone groups is 1. The predicted molar refractivity (Wildman–Crippen MR) is 72.7 cm³/mol. The third kappa shape index (κ3) is 3.69. The fourth-order valence-electron chi connectivity index (χ4n) is 2.44. The maximum Gasteiger partial charge on any atom is 0.150 e. The van der Waals surface area contributed by atoms with E-state index in [-0.39, 0.29) is 17.2 Å². The van der Waals surface area contributed by atoms with Gasteiger partial charge in [-0.3, -0.25) is 0 Å². The van der Waals surface area contributed by atoms with E-state index in [1.165, 1.54) is 12.3 Å². The molecule has 0 saturated heterocycles. The van der Waals surface area contributed by atoms with Crippen LogP contribution in [0.15, 0.2) is 18.2 Å². The summed E-state index contributed by atoms with van der Waals surface area (Å²) in [6, 6.07) is 4.75. The number of ether oxygens (including phenoxy) is 1. The van der Waals surface area contributed by atoms with Crippen LogP contribution in [0.3, 0.4) is 0 Å². The Kier molecular flexibility index (Phi) is 4.13. The van der Waals surface area contributed by atoms with Gasteiger partial charge in [0.15, 0.2) is 0 Å². The van der Waals surface area contributed by atoms with Crippen molar-refractivity contribution in [3.05, 3.63) is 29.6 Å². The number of hydrogen-bond acceptors (Lipinski definition) is 3. The summed E-state index contributed by atoms with van der Waals surface area (Å²) >= 11 is 0. The van der Waals surface area contributed by atoms with Gasteiger partial charge < -0.3 is 4.74 Å². The van der Waals surface area contributed by atoms with Gasteiger partial charge in [0.05, 0.1) is 11.4 Å². The van der Waals surface area contributed by atoms with Crippen molar-refractivity contribution in [1.29, 1.82) is 0 Å². The molecule has 1 saturated carbocycles. The zero-order chi connectivity index (χ0) is 14.0. The van der Waals surface area contributed by atoms with Gasteiger partial charge in [-0.05, 0) is 37.8 Å². The smallest absolute Gasteiger partial charge is 0.150 e. The normalized spacial score (nSPS) is 24.2. The first-order chi connectivity index (χ1) is 8.86. The molecule has 0 spiro atoms. The van der Waals surface area contributed by atoms with Crippen molar-refractivity contribution in [3.8, 4) is 5.75 Å². The molecule has 1 aliphatic rings. The van der Waals surface area contributed by atoms with E-state index in [4.69, 9.17) is 4.74 Å². The summed E-state index contributed by atoms with van der Waals surface area (Å²) in [5, 5.41) is -0.332. The predicted octanol–water partition coefficient (Wildman–Crippen LogP) is 2.87. The average molecular weight is 286 g/mol. The second-order valence-corrected chi connectivity index (χ2v) is 7.59. The maximum absolute atomic E-state index is 13.4. The van der Waals surface area contributed by atoms with Gasteiger partial charge in [-0.15, -0.1) is 0 Å². The summed E-state index contributed by atoms with van der Waals surface area (Å²) in [6.45, 7) is 1.69. The number of rotatable bonds is 3. The highest BCUT2D eigenvalue weighted by Crippen LogP contribution is 2.28. The van der Waals surface area contributed by atoms with Gasteiger partial charge in [-0.25, -0.2) is 12.8 Å². The summed E-state index contributed by atoms with van der Waals surface area (Å²) in [7, 11) is -3.02. The molecule has 0 heterocycles. The molecule has 2 unspecified atom stereocenters. The molecule has 1 fully saturated rings. The van der Waals surface area contributed by atoms with E-state index in [0.29, 0.717) is 24.2 Å². The van der Waals surface area contributed by atoms with Gasteiger partial charge in [-0.1, -0.05) is 6.07 Å². The van der Waals surface area contributed by atoms with Crippen LogP contribution >= 0.6 is 0 Å². The summed E-state index contributed by atoms with van der Waals surface area (Å²) in [5.41, 5.74) is 0.574. The molecular weight excluding hydrogens is 267 g/mol. The SMILES string of the molecule is Cc1ccc(OC2CCCC(S(C)(=O)=O)C2)cc1F. The molecule has 1 aromatic rings. The molecule has 5 heteroatoms. The zero-order valence-electron chi connectivity index (χ0n) is 11.2. The summed E-state index contributed by atoms with van der Waals surface area (Å²) in [5.74, 6) is 0.176. The largest absolute Gasteiger partial charge is 0.490 e. The molecule has 0 aliphatic heterocycles. The first-order valence-electron chi connectivity index (χ1n) is 6.48. The van der Waals surface area contributed by atoms with Crippen LogP contribution < -0.4 is 4.74 Å². The first kappa shape index (κ1) is 14.3. The van der Waals surface area contributed by atoms with Gasteiger partial charge in [0.2, 0.25) is 0 Å². The molecule has 3 nitrogen and oxygen atoms in total. The van der Waals surface area contributed by atoms with E-state index in [1.807, 2.05) is 0 Å². The Labute approximate surface area is 113 Å². The molecule has 1 aromatic carbocycles. The quantitative estimate of drug-likeness (QED) is 0.858. The Balaban J connectivity index is 2.04. The third-order valence-electron chi connectivity index (χ3n) is 3.63. The topological polar surface area (TPSA) is 43.4 Å². The van der Waals surface area contributed by atoms with Crippen molar-refractivity contribution in [2.45, 2.75) is 44.0 Å². The molecule has 0 N–H and O–H groups in total. The zero-order valence-corrected chi connectivity index (χ0v) is 12.0. The van der Waals surface area contributed by atoms with E-state index in [1.54, 1.807) is 19.1 Å². The van der Waals surface area contributed by atoms with Crippen molar-refractivity contribution < 1.29 is 17.5 Å².